The number of hydrogen-bond acceptors (Lipinski definition) is 5. The lowest BCUT2D eigenvalue weighted by Crippen LogP contribution is -2.38. The molecule has 0 N–H and O–H groups in total. The quantitative estimate of drug-likeness (QED) is 0.177. The maximum absolute atomic E-state index is 6.23. The largest absolute Gasteiger partial charge is 0.491 e. The van der Waals surface area contributed by atoms with Gasteiger partial charge in [-0.1, -0.05) is 91.0 Å². The van der Waals surface area contributed by atoms with Crippen LogP contribution in [0.2, 0.25) is 0 Å². The summed E-state index contributed by atoms with van der Waals surface area (Å²) in [4.78, 5) is 2.31. The van der Waals surface area contributed by atoms with Crippen LogP contribution in [0.5, 0.6) is 5.75 Å². The Morgan fingerprint density at radius 2 is 1.37 bits per heavy atom. The third-order valence-corrected chi connectivity index (χ3v) is 8.26. The molecule has 0 radical (unpaired) electrons. The second-order valence-corrected chi connectivity index (χ2v) is 11.4. The number of benzene rings is 4. The fraction of sp³-hybridized carbons (Fsp3) is 0.216. The molecule has 0 atom stereocenters. The minimum Gasteiger partial charge on any atom is -0.491 e. The molecule has 1 aliphatic heterocycles. The molecule has 0 bridgehead atoms. The van der Waals surface area contributed by atoms with Crippen molar-refractivity contribution in [1.29, 1.82) is 0 Å². The molecule has 3 heterocycles. The SMILES string of the molecule is CC(C)Oc1cccc(C(c2ccccc2)(c2ccccc2)n2nc(-c3cnnc(N4CCCC4)c3)c3ccccc32)c1. The van der Waals surface area contributed by atoms with Crippen molar-refractivity contribution in [2.24, 2.45) is 0 Å². The molecule has 0 unspecified atom stereocenters. The smallest absolute Gasteiger partial charge is 0.151 e. The van der Waals surface area contributed by atoms with E-state index in [0.717, 1.165) is 63.5 Å². The van der Waals surface area contributed by atoms with E-state index >= 15 is 0 Å². The van der Waals surface area contributed by atoms with Crippen molar-refractivity contribution in [3.63, 3.8) is 0 Å². The number of anilines is 1. The molecule has 6 aromatic rings. The normalized spacial score (nSPS) is 13.6. The van der Waals surface area contributed by atoms with Crippen LogP contribution in [0.25, 0.3) is 22.2 Å². The van der Waals surface area contributed by atoms with Gasteiger partial charge in [0.05, 0.1) is 17.8 Å². The van der Waals surface area contributed by atoms with E-state index in [1.807, 2.05) is 12.3 Å². The van der Waals surface area contributed by atoms with Crippen LogP contribution < -0.4 is 9.64 Å². The lowest BCUT2D eigenvalue weighted by molar-refractivity contribution is 0.242. The first-order valence-corrected chi connectivity index (χ1v) is 15.1. The number of rotatable bonds is 8. The van der Waals surface area contributed by atoms with Gasteiger partial charge in [0.1, 0.15) is 17.0 Å². The summed E-state index contributed by atoms with van der Waals surface area (Å²) < 4.78 is 8.43. The summed E-state index contributed by atoms with van der Waals surface area (Å²) in [6.07, 6.45) is 4.25. The lowest BCUT2D eigenvalue weighted by Gasteiger charge is -2.37. The zero-order chi connectivity index (χ0) is 29.2. The van der Waals surface area contributed by atoms with E-state index in [-0.39, 0.29) is 6.10 Å². The summed E-state index contributed by atoms with van der Waals surface area (Å²) in [5.74, 6) is 1.73. The van der Waals surface area contributed by atoms with E-state index in [4.69, 9.17) is 9.84 Å². The molecule has 0 spiro atoms. The highest BCUT2D eigenvalue weighted by atomic mass is 16.5. The van der Waals surface area contributed by atoms with E-state index in [9.17, 15) is 0 Å². The molecule has 0 aliphatic carbocycles. The van der Waals surface area contributed by atoms with Crippen molar-refractivity contribution in [3.8, 4) is 17.0 Å². The van der Waals surface area contributed by atoms with E-state index in [2.05, 4.69) is 143 Å². The van der Waals surface area contributed by atoms with Crippen LogP contribution in [0.15, 0.2) is 121 Å². The zero-order valence-electron chi connectivity index (χ0n) is 24.6. The summed E-state index contributed by atoms with van der Waals surface area (Å²) in [6.45, 7) is 6.13. The molecular weight excluding hydrogens is 530 g/mol. The van der Waals surface area contributed by atoms with Gasteiger partial charge in [0.15, 0.2) is 5.82 Å². The van der Waals surface area contributed by atoms with Gasteiger partial charge in [-0.2, -0.15) is 10.2 Å². The molecule has 1 saturated heterocycles. The lowest BCUT2D eigenvalue weighted by atomic mass is 9.77. The Labute approximate surface area is 252 Å². The van der Waals surface area contributed by atoms with Crippen molar-refractivity contribution in [2.75, 3.05) is 18.0 Å². The molecule has 214 valence electrons. The van der Waals surface area contributed by atoms with Crippen molar-refractivity contribution in [2.45, 2.75) is 38.3 Å². The summed E-state index contributed by atoms with van der Waals surface area (Å²) >= 11 is 0. The predicted molar refractivity (Wildman–Crippen MR) is 173 cm³/mol. The molecule has 4 aromatic carbocycles. The molecule has 1 aliphatic rings. The summed E-state index contributed by atoms with van der Waals surface area (Å²) in [6, 6.07) is 40.4. The van der Waals surface area contributed by atoms with Gasteiger partial charge in [-0.25, -0.2) is 4.68 Å². The Bertz CT molecular complexity index is 1800. The van der Waals surface area contributed by atoms with Crippen LogP contribution in [-0.2, 0) is 5.54 Å². The third kappa shape index (κ3) is 4.83. The van der Waals surface area contributed by atoms with Gasteiger partial charge in [-0.3, -0.25) is 0 Å². The number of fused-ring (bicyclic) bond motifs is 1. The van der Waals surface area contributed by atoms with Crippen molar-refractivity contribution < 1.29 is 4.74 Å². The highest BCUT2D eigenvalue weighted by Gasteiger charge is 2.41. The minimum atomic E-state index is -0.797. The molecule has 43 heavy (non-hydrogen) atoms. The second-order valence-electron chi connectivity index (χ2n) is 11.4. The maximum Gasteiger partial charge on any atom is 0.151 e. The molecule has 1 fully saturated rings. The third-order valence-electron chi connectivity index (χ3n) is 8.26. The summed E-state index contributed by atoms with van der Waals surface area (Å²) in [7, 11) is 0. The van der Waals surface area contributed by atoms with Crippen LogP contribution in [0.3, 0.4) is 0 Å². The molecule has 0 saturated carbocycles. The monoisotopic (exact) mass is 565 g/mol. The molecule has 6 nitrogen and oxygen atoms in total. The molecule has 6 heteroatoms. The first-order chi connectivity index (χ1) is 21.1. The molecular formula is C37H35N5O. The van der Waals surface area contributed by atoms with Crippen molar-refractivity contribution in [1.82, 2.24) is 20.0 Å². The van der Waals surface area contributed by atoms with Crippen LogP contribution in [0, 0.1) is 0 Å². The summed E-state index contributed by atoms with van der Waals surface area (Å²) in [5.41, 5.74) is 5.35. The maximum atomic E-state index is 6.23. The average Bonchev–Trinajstić information content (AvgIpc) is 3.72. The van der Waals surface area contributed by atoms with Crippen LogP contribution in [0.1, 0.15) is 43.4 Å². The average molecular weight is 566 g/mol. The highest BCUT2D eigenvalue weighted by molar-refractivity contribution is 5.94. The number of para-hydroxylation sites is 1. The Morgan fingerprint density at radius 1 is 0.721 bits per heavy atom. The first kappa shape index (κ1) is 26.9. The van der Waals surface area contributed by atoms with Gasteiger partial charge < -0.3 is 9.64 Å². The van der Waals surface area contributed by atoms with E-state index < -0.39 is 5.54 Å². The zero-order valence-corrected chi connectivity index (χ0v) is 24.6. The fourth-order valence-corrected chi connectivity index (χ4v) is 6.41. The molecule has 0 amide bonds. The van der Waals surface area contributed by atoms with Gasteiger partial charge in [0.25, 0.3) is 0 Å². The topological polar surface area (TPSA) is 56.1 Å². The van der Waals surface area contributed by atoms with Gasteiger partial charge in [0, 0.05) is 24.0 Å². The van der Waals surface area contributed by atoms with Crippen molar-refractivity contribution in [3.05, 3.63) is 138 Å². The minimum absolute atomic E-state index is 0.0548. The number of aromatic nitrogens is 4. The number of nitrogens with zero attached hydrogens (tertiary/aromatic N) is 5. The molecule has 7 rings (SSSR count). The number of ether oxygens (including phenoxy) is 1. The molecule has 2 aromatic heterocycles. The fourth-order valence-electron chi connectivity index (χ4n) is 6.41. The summed E-state index contributed by atoms with van der Waals surface area (Å²) in [5, 5.41) is 15.5. The van der Waals surface area contributed by atoms with Gasteiger partial charge in [-0.05, 0) is 67.6 Å². The van der Waals surface area contributed by atoms with Gasteiger partial charge in [-0.15, -0.1) is 5.10 Å². The predicted octanol–water partition coefficient (Wildman–Crippen LogP) is 7.72. The van der Waals surface area contributed by atoms with E-state index in [1.54, 1.807) is 0 Å². The van der Waals surface area contributed by atoms with Gasteiger partial charge in [0.2, 0.25) is 0 Å². The standard InChI is InChI=1S/C37H35N5O/c1-27(2)43-32-19-13-18-31(25-32)37(29-14-5-3-6-15-29,30-16-7-4-8-17-30)42-34-21-10-9-20-33(34)36(40-42)28-24-35(39-38-26-28)41-22-11-12-23-41/h3-10,13-21,24-27H,11-12,22-23H2,1-2H3. The van der Waals surface area contributed by atoms with E-state index in [1.165, 1.54) is 12.8 Å². The first-order valence-electron chi connectivity index (χ1n) is 15.1. The Balaban J connectivity index is 1.54. The van der Waals surface area contributed by atoms with Crippen molar-refractivity contribution >= 4 is 16.7 Å². The van der Waals surface area contributed by atoms with Crippen LogP contribution in [0.4, 0.5) is 5.82 Å². The van der Waals surface area contributed by atoms with Gasteiger partial charge >= 0.3 is 0 Å². The highest BCUT2D eigenvalue weighted by Crippen LogP contribution is 2.44. The number of hydrogen-bond donors (Lipinski definition) is 0. The second kappa shape index (κ2) is 11.4. The Morgan fingerprint density at radius 3 is 2.07 bits per heavy atom. The van der Waals surface area contributed by atoms with E-state index in [0.29, 0.717) is 0 Å². The van der Waals surface area contributed by atoms with Crippen LogP contribution >= 0.6 is 0 Å². The Kier molecular flexibility index (Phi) is 7.11. The Hall–Kier alpha value is -4.97. The van der Waals surface area contributed by atoms with Crippen LogP contribution in [-0.4, -0.2) is 39.2 Å².